The van der Waals surface area contributed by atoms with E-state index >= 15 is 0 Å². The van der Waals surface area contributed by atoms with Crippen molar-refractivity contribution in [1.29, 1.82) is 0 Å². The standard InChI is InChI=1S/C14H9Cl2NO3/c15-9-3-1-2-8(6-9)13(18)17-10-4-5-12(16)11(7-10)14(19)20/h1-7H,(H,17,18)(H,19,20). The average molecular weight is 310 g/mol. The smallest absolute Gasteiger partial charge is 0.337 e. The molecule has 2 N–H and O–H groups in total. The molecule has 0 saturated carbocycles. The topological polar surface area (TPSA) is 66.4 Å². The van der Waals surface area contributed by atoms with Gasteiger partial charge in [0.25, 0.3) is 5.91 Å². The Morgan fingerprint density at radius 3 is 2.45 bits per heavy atom. The molecule has 2 aromatic rings. The van der Waals surface area contributed by atoms with Crippen LogP contribution in [0.1, 0.15) is 20.7 Å². The van der Waals surface area contributed by atoms with Crippen molar-refractivity contribution in [2.75, 3.05) is 5.32 Å². The van der Waals surface area contributed by atoms with Gasteiger partial charge in [0.2, 0.25) is 0 Å². The van der Waals surface area contributed by atoms with Crippen molar-refractivity contribution in [2.24, 2.45) is 0 Å². The van der Waals surface area contributed by atoms with E-state index in [-0.39, 0.29) is 16.5 Å². The molecule has 0 aromatic heterocycles. The molecule has 6 heteroatoms. The zero-order chi connectivity index (χ0) is 14.7. The predicted molar refractivity (Wildman–Crippen MR) is 77.8 cm³/mol. The van der Waals surface area contributed by atoms with Gasteiger partial charge in [0.1, 0.15) is 0 Å². The van der Waals surface area contributed by atoms with E-state index in [1.807, 2.05) is 0 Å². The predicted octanol–water partition coefficient (Wildman–Crippen LogP) is 3.94. The van der Waals surface area contributed by atoms with E-state index in [0.29, 0.717) is 16.3 Å². The third-order valence-corrected chi connectivity index (χ3v) is 3.11. The van der Waals surface area contributed by atoms with E-state index in [0.717, 1.165) is 0 Å². The number of nitrogens with one attached hydrogen (secondary N) is 1. The molecule has 0 aliphatic rings. The molecule has 2 aromatic carbocycles. The summed E-state index contributed by atoms with van der Waals surface area (Å²) in [5.41, 5.74) is 0.650. The van der Waals surface area contributed by atoms with Gasteiger partial charge in [0.05, 0.1) is 10.6 Å². The van der Waals surface area contributed by atoms with E-state index in [1.165, 1.54) is 24.3 Å². The Balaban J connectivity index is 2.24. The molecular weight excluding hydrogens is 301 g/mol. The maximum atomic E-state index is 12.0. The Bertz CT molecular complexity index is 686. The van der Waals surface area contributed by atoms with Gasteiger partial charge in [-0.3, -0.25) is 4.79 Å². The summed E-state index contributed by atoms with van der Waals surface area (Å²) in [6.45, 7) is 0. The Hall–Kier alpha value is -2.04. The number of carboxylic acid groups (broad SMARTS) is 1. The van der Waals surface area contributed by atoms with Gasteiger partial charge in [-0.05, 0) is 36.4 Å². The number of carbonyl (C=O) groups excluding carboxylic acids is 1. The lowest BCUT2D eigenvalue weighted by atomic mass is 10.1. The quantitative estimate of drug-likeness (QED) is 0.902. The molecule has 0 aliphatic heterocycles. The van der Waals surface area contributed by atoms with Crippen LogP contribution in [0.4, 0.5) is 5.69 Å². The average Bonchev–Trinajstić information content (AvgIpc) is 2.40. The van der Waals surface area contributed by atoms with E-state index in [9.17, 15) is 9.59 Å². The molecule has 102 valence electrons. The number of hydrogen-bond donors (Lipinski definition) is 2. The Morgan fingerprint density at radius 2 is 1.80 bits per heavy atom. The fourth-order valence-corrected chi connectivity index (χ4v) is 1.99. The van der Waals surface area contributed by atoms with Crippen LogP contribution in [0.15, 0.2) is 42.5 Å². The third kappa shape index (κ3) is 3.29. The third-order valence-electron chi connectivity index (χ3n) is 2.54. The molecule has 0 saturated heterocycles. The second-order valence-corrected chi connectivity index (χ2v) is 4.81. The summed E-state index contributed by atoms with van der Waals surface area (Å²) in [5, 5.41) is 12.1. The number of anilines is 1. The lowest BCUT2D eigenvalue weighted by Gasteiger charge is -2.07. The minimum atomic E-state index is -1.16. The summed E-state index contributed by atoms with van der Waals surface area (Å²) in [5.74, 6) is -1.54. The van der Waals surface area contributed by atoms with Crippen LogP contribution < -0.4 is 5.32 Å². The highest BCUT2D eigenvalue weighted by Crippen LogP contribution is 2.21. The number of aromatic carboxylic acids is 1. The molecular formula is C14H9Cl2NO3. The summed E-state index contributed by atoms with van der Waals surface area (Å²) in [6, 6.07) is 10.7. The Morgan fingerprint density at radius 1 is 1.05 bits per heavy atom. The first-order valence-electron chi connectivity index (χ1n) is 5.57. The number of halogens is 2. The first kappa shape index (κ1) is 14.4. The van der Waals surface area contributed by atoms with Crippen molar-refractivity contribution >= 4 is 40.8 Å². The summed E-state index contributed by atoms with van der Waals surface area (Å²) in [7, 11) is 0. The molecule has 0 atom stereocenters. The molecule has 20 heavy (non-hydrogen) atoms. The fourth-order valence-electron chi connectivity index (χ4n) is 1.60. The van der Waals surface area contributed by atoms with Gasteiger partial charge in [-0.25, -0.2) is 4.79 Å². The van der Waals surface area contributed by atoms with Gasteiger partial charge >= 0.3 is 5.97 Å². The van der Waals surface area contributed by atoms with E-state index in [4.69, 9.17) is 28.3 Å². The highest BCUT2D eigenvalue weighted by atomic mass is 35.5. The second kappa shape index (κ2) is 5.94. The van der Waals surface area contributed by atoms with Crippen LogP contribution >= 0.6 is 23.2 Å². The summed E-state index contributed by atoms with van der Waals surface area (Å²) in [4.78, 5) is 22.9. The number of benzene rings is 2. The van der Waals surface area contributed by atoms with Crippen LogP contribution in [0.5, 0.6) is 0 Å². The minimum absolute atomic E-state index is 0.0736. The molecule has 0 unspecified atom stereocenters. The molecule has 0 fully saturated rings. The summed E-state index contributed by atoms with van der Waals surface area (Å²) < 4.78 is 0. The Labute approximate surface area is 124 Å². The minimum Gasteiger partial charge on any atom is -0.478 e. The van der Waals surface area contributed by atoms with Crippen molar-refractivity contribution in [2.45, 2.75) is 0 Å². The normalized spacial score (nSPS) is 10.1. The molecule has 0 spiro atoms. The number of amides is 1. The Kier molecular flexibility index (Phi) is 4.27. The van der Waals surface area contributed by atoms with Crippen molar-refractivity contribution in [3.63, 3.8) is 0 Å². The molecule has 0 aliphatic carbocycles. The first-order chi connectivity index (χ1) is 9.47. The SMILES string of the molecule is O=C(Nc1ccc(Cl)c(C(=O)O)c1)c1cccc(Cl)c1. The molecule has 4 nitrogen and oxygen atoms in total. The summed E-state index contributed by atoms with van der Waals surface area (Å²) >= 11 is 11.6. The largest absolute Gasteiger partial charge is 0.478 e. The van der Waals surface area contributed by atoms with Crippen LogP contribution in [0.25, 0.3) is 0 Å². The number of carbonyl (C=O) groups is 2. The van der Waals surface area contributed by atoms with Crippen molar-refractivity contribution < 1.29 is 14.7 Å². The maximum absolute atomic E-state index is 12.0. The van der Waals surface area contributed by atoms with E-state index in [2.05, 4.69) is 5.32 Å². The van der Waals surface area contributed by atoms with Gasteiger partial charge in [0.15, 0.2) is 0 Å². The van der Waals surface area contributed by atoms with E-state index < -0.39 is 5.97 Å². The van der Waals surface area contributed by atoms with Gasteiger partial charge in [-0.2, -0.15) is 0 Å². The molecule has 0 bridgehead atoms. The molecule has 0 radical (unpaired) electrons. The second-order valence-electron chi connectivity index (χ2n) is 3.96. The van der Waals surface area contributed by atoms with Gasteiger partial charge < -0.3 is 10.4 Å². The van der Waals surface area contributed by atoms with Crippen LogP contribution in [0, 0.1) is 0 Å². The van der Waals surface area contributed by atoms with Crippen molar-refractivity contribution in [1.82, 2.24) is 0 Å². The van der Waals surface area contributed by atoms with Crippen molar-refractivity contribution in [3.05, 3.63) is 63.6 Å². The van der Waals surface area contributed by atoms with Gasteiger partial charge in [-0.1, -0.05) is 29.3 Å². The number of rotatable bonds is 3. The maximum Gasteiger partial charge on any atom is 0.337 e. The van der Waals surface area contributed by atoms with Crippen LogP contribution in [-0.4, -0.2) is 17.0 Å². The lowest BCUT2D eigenvalue weighted by Crippen LogP contribution is -2.12. The number of hydrogen-bond acceptors (Lipinski definition) is 2. The van der Waals surface area contributed by atoms with Crippen LogP contribution in [0.2, 0.25) is 10.0 Å². The van der Waals surface area contributed by atoms with Crippen LogP contribution in [-0.2, 0) is 0 Å². The highest BCUT2D eigenvalue weighted by Gasteiger charge is 2.12. The van der Waals surface area contributed by atoms with Crippen molar-refractivity contribution in [3.8, 4) is 0 Å². The lowest BCUT2D eigenvalue weighted by molar-refractivity contribution is 0.0696. The van der Waals surface area contributed by atoms with E-state index in [1.54, 1.807) is 18.2 Å². The molecule has 1 amide bonds. The molecule has 2 rings (SSSR count). The zero-order valence-corrected chi connectivity index (χ0v) is 11.6. The van der Waals surface area contributed by atoms with Gasteiger partial charge in [0, 0.05) is 16.3 Å². The zero-order valence-electron chi connectivity index (χ0n) is 10.1. The molecule has 0 heterocycles. The summed E-state index contributed by atoms with van der Waals surface area (Å²) in [6.07, 6.45) is 0. The first-order valence-corrected chi connectivity index (χ1v) is 6.33. The highest BCUT2D eigenvalue weighted by molar-refractivity contribution is 6.33. The van der Waals surface area contributed by atoms with Crippen LogP contribution in [0.3, 0.4) is 0 Å². The monoisotopic (exact) mass is 309 g/mol. The van der Waals surface area contributed by atoms with Gasteiger partial charge in [-0.15, -0.1) is 0 Å². The number of carboxylic acids is 1. The fraction of sp³-hybridized carbons (Fsp3) is 0.